The van der Waals surface area contributed by atoms with Crippen molar-refractivity contribution in [2.75, 3.05) is 25.5 Å². The smallest absolute Gasteiger partial charge is 0.408 e. The van der Waals surface area contributed by atoms with E-state index in [-0.39, 0.29) is 18.8 Å². The number of aryl methyl sites for hydroxylation is 1. The monoisotopic (exact) mass is 471 g/mol. The maximum atomic E-state index is 13.4. The van der Waals surface area contributed by atoms with Crippen LogP contribution in [0.4, 0.5) is 10.5 Å². The zero-order chi connectivity index (χ0) is 25.5. The van der Waals surface area contributed by atoms with Crippen molar-refractivity contribution in [3.8, 4) is 11.5 Å². The molecule has 0 bridgehead atoms. The van der Waals surface area contributed by atoms with Gasteiger partial charge in [0.05, 0.1) is 7.11 Å². The Morgan fingerprint density at radius 3 is 2.26 bits per heavy atom. The molecule has 2 aromatic carbocycles. The van der Waals surface area contributed by atoms with Gasteiger partial charge in [0.1, 0.15) is 29.7 Å². The third kappa shape index (κ3) is 7.40. The van der Waals surface area contributed by atoms with Crippen LogP contribution in [-0.2, 0) is 14.3 Å². The fraction of sp³-hybridized carbons (Fsp3) is 0.400. The number of aromatic hydroxyl groups is 1. The number of carbonyl (C=O) groups is 3. The van der Waals surface area contributed by atoms with Gasteiger partial charge in [-0.15, -0.1) is 0 Å². The largest absolute Gasteiger partial charge is 0.508 e. The van der Waals surface area contributed by atoms with Crippen LogP contribution < -0.4 is 15.4 Å². The standard InChI is InChI=1S/C25H33N3O6/c1-7-28(21(30)15-26-24(32)34-25(3,4)5)22(17-8-13-20(29)16(2)14-17)23(31)27-18-9-11-19(33-6)12-10-18/h8-14,22,29H,7,15H2,1-6H3,(H,26,32)(H,27,31). The molecule has 1 unspecified atom stereocenters. The minimum absolute atomic E-state index is 0.0824. The van der Waals surface area contributed by atoms with E-state index < -0.39 is 29.6 Å². The van der Waals surface area contributed by atoms with E-state index in [4.69, 9.17) is 9.47 Å². The minimum atomic E-state index is -1.00. The summed E-state index contributed by atoms with van der Waals surface area (Å²) < 4.78 is 10.3. The van der Waals surface area contributed by atoms with Gasteiger partial charge in [-0.05, 0) is 82.1 Å². The van der Waals surface area contributed by atoms with Crippen LogP contribution in [0, 0.1) is 6.92 Å². The molecular weight excluding hydrogens is 438 g/mol. The highest BCUT2D eigenvalue weighted by molar-refractivity contribution is 5.98. The summed E-state index contributed by atoms with van der Waals surface area (Å²) in [7, 11) is 1.55. The number of ether oxygens (including phenoxy) is 2. The second kappa shape index (κ2) is 11.4. The zero-order valence-corrected chi connectivity index (χ0v) is 20.5. The van der Waals surface area contributed by atoms with Crippen molar-refractivity contribution in [1.82, 2.24) is 10.2 Å². The molecule has 0 spiro atoms. The lowest BCUT2D eigenvalue weighted by atomic mass is 10.0. The van der Waals surface area contributed by atoms with E-state index in [1.165, 1.54) is 11.0 Å². The van der Waals surface area contributed by atoms with Crippen LogP contribution in [0.15, 0.2) is 42.5 Å². The minimum Gasteiger partial charge on any atom is -0.508 e. The van der Waals surface area contributed by atoms with Gasteiger partial charge in [-0.2, -0.15) is 0 Å². The van der Waals surface area contributed by atoms with E-state index in [1.54, 1.807) is 78.1 Å². The Morgan fingerprint density at radius 2 is 1.74 bits per heavy atom. The van der Waals surface area contributed by atoms with Gasteiger partial charge in [-0.3, -0.25) is 9.59 Å². The molecule has 34 heavy (non-hydrogen) atoms. The van der Waals surface area contributed by atoms with E-state index in [9.17, 15) is 19.5 Å². The molecule has 2 aromatic rings. The lowest BCUT2D eigenvalue weighted by Crippen LogP contribution is -2.46. The van der Waals surface area contributed by atoms with Crippen LogP contribution in [0.3, 0.4) is 0 Å². The van der Waals surface area contributed by atoms with Crippen molar-refractivity contribution in [1.29, 1.82) is 0 Å². The van der Waals surface area contributed by atoms with E-state index in [1.807, 2.05) is 0 Å². The number of amides is 3. The lowest BCUT2D eigenvalue weighted by molar-refractivity contribution is -0.138. The van der Waals surface area contributed by atoms with Gasteiger partial charge in [0, 0.05) is 12.2 Å². The summed E-state index contributed by atoms with van der Waals surface area (Å²) in [5.74, 6) is -0.182. The number of hydrogen-bond acceptors (Lipinski definition) is 6. The van der Waals surface area contributed by atoms with E-state index >= 15 is 0 Å². The number of hydrogen-bond donors (Lipinski definition) is 3. The predicted molar refractivity (Wildman–Crippen MR) is 129 cm³/mol. The Balaban J connectivity index is 2.30. The van der Waals surface area contributed by atoms with Crippen LogP contribution in [0.1, 0.15) is 44.9 Å². The highest BCUT2D eigenvalue weighted by Gasteiger charge is 2.31. The van der Waals surface area contributed by atoms with E-state index in [0.717, 1.165) is 0 Å². The number of nitrogens with zero attached hydrogens (tertiary/aromatic N) is 1. The fourth-order valence-corrected chi connectivity index (χ4v) is 3.27. The van der Waals surface area contributed by atoms with Crippen molar-refractivity contribution in [2.24, 2.45) is 0 Å². The Morgan fingerprint density at radius 1 is 1.09 bits per heavy atom. The first kappa shape index (κ1) is 26.5. The number of carbonyl (C=O) groups excluding carboxylic acids is 3. The number of methoxy groups -OCH3 is 1. The number of phenolic OH excluding ortho intramolecular Hbond substituents is 1. The third-order valence-electron chi connectivity index (χ3n) is 4.90. The molecule has 3 N–H and O–H groups in total. The summed E-state index contributed by atoms with van der Waals surface area (Å²) in [5.41, 5.74) is 0.910. The summed E-state index contributed by atoms with van der Waals surface area (Å²) in [5, 5.41) is 15.2. The van der Waals surface area contributed by atoms with Crippen LogP contribution in [0.25, 0.3) is 0 Å². The molecule has 0 saturated carbocycles. The third-order valence-corrected chi connectivity index (χ3v) is 4.90. The van der Waals surface area contributed by atoms with Crippen molar-refractivity contribution < 1.29 is 29.0 Å². The van der Waals surface area contributed by atoms with Gasteiger partial charge < -0.3 is 30.1 Å². The second-order valence-corrected chi connectivity index (χ2v) is 8.70. The zero-order valence-electron chi connectivity index (χ0n) is 20.5. The number of nitrogens with one attached hydrogen (secondary N) is 2. The summed E-state index contributed by atoms with van der Waals surface area (Å²) in [6, 6.07) is 10.5. The van der Waals surface area contributed by atoms with Crippen molar-refractivity contribution in [3.63, 3.8) is 0 Å². The van der Waals surface area contributed by atoms with Crippen LogP contribution in [0.2, 0.25) is 0 Å². The topological polar surface area (TPSA) is 117 Å². The predicted octanol–water partition coefficient (Wildman–Crippen LogP) is 3.76. The van der Waals surface area contributed by atoms with Gasteiger partial charge in [0.2, 0.25) is 5.91 Å². The van der Waals surface area contributed by atoms with Gasteiger partial charge in [-0.1, -0.05) is 6.07 Å². The Labute approximate surface area is 200 Å². The number of benzene rings is 2. The Hall–Kier alpha value is -3.75. The van der Waals surface area contributed by atoms with Gasteiger partial charge in [0.15, 0.2) is 0 Å². The number of alkyl carbamates (subject to hydrolysis) is 1. The molecule has 184 valence electrons. The normalized spacial score (nSPS) is 11.8. The first-order valence-corrected chi connectivity index (χ1v) is 11.0. The highest BCUT2D eigenvalue weighted by Crippen LogP contribution is 2.28. The number of anilines is 1. The average Bonchev–Trinajstić information content (AvgIpc) is 2.77. The SMILES string of the molecule is CCN(C(=O)CNC(=O)OC(C)(C)C)C(C(=O)Nc1ccc(OC)cc1)c1ccc(O)c(C)c1. The quantitative estimate of drug-likeness (QED) is 0.540. The molecular formula is C25H33N3O6. The molecule has 0 fully saturated rings. The molecule has 0 radical (unpaired) electrons. The Bertz CT molecular complexity index is 1010. The number of rotatable bonds is 8. The molecule has 1 atom stereocenters. The number of likely N-dealkylation sites (N-methyl/N-ethyl adjacent to an activating group) is 1. The number of phenols is 1. The lowest BCUT2D eigenvalue weighted by Gasteiger charge is -2.31. The van der Waals surface area contributed by atoms with Crippen molar-refractivity contribution >= 4 is 23.6 Å². The molecule has 0 aliphatic rings. The highest BCUT2D eigenvalue weighted by atomic mass is 16.6. The molecule has 9 heteroatoms. The maximum absolute atomic E-state index is 13.4. The molecule has 0 aliphatic heterocycles. The summed E-state index contributed by atoms with van der Waals surface area (Å²) in [4.78, 5) is 39.8. The van der Waals surface area contributed by atoms with Crippen LogP contribution in [-0.4, -0.2) is 53.7 Å². The summed E-state index contributed by atoms with van der Waals surface area (Å²) in [6.07, 6.45) is -0.725. The van der Waals surface area contributed by atoms with Gasteiger partial charge in [0.25, 0.3) is 5.91 Å². The van der Waals surface area contributed by atoms with E-state index in [0.29, 0.717) is 22.6 Å². The van der Waals surface area contributed by atoms with Gasteiger partial charge in [-0.25, -0.2) is 4.79 Å². The molecule has 0 saturated heterocycles. The maximum Gasteiger partial charge on any atom is 0.408 e. The van der Waals surface area contributed by atoms with Gasteiger partial charge >= 0.3 is 6.09 Å². The van der Waals surface area contributed by atoms with Crippen LogP contribution >= 0.6 is 0 Å². The van der Waals surface area contributed by atoms with Crippen molar-refractivity contribution in [3.05, 3.63) is 53.6 Å². The van der Waals surface area contributed by atoms with Crippen LogP contribution in [0.5, 0.6) is 11.5 Å². The summed E-state index contributed by atoms with van der Waals surface area (Å²) in [6.45, 7) is 8.48. The Kier molecular flexibility index (Phi) is 8.89. The molecule has 2 rings (SSSR count). The van der Waals surface area contributed by atoms with E-state index in [2.05, 4.69) is 10.6 Å². The molecule has 0 aliphatic carbocycles. The first-order chi connectivity index (χ1) is 15.9. The fourth-order valence-electron chi connectivity index (χ4n) is 3.27. The second-order valence-electron chi connectivity index (χ2n) is 8.70. The molecule has 0 heterocycles. The molecule has 3 amide bonds. The molecule has 0 aromatic heterocycles. The molecule has 9 nitrogen and oxygen atoms in total. The summed E-state index contributed by atoms with van der Waals surface area (Å²) >= 11 is 0. The first-order valence-electron chi connectivity index (χ1n) is 11.0. The average molecular weight is 472 g/mol. The van der Waals surface area contributed by atoms with Crippen molar-refractivity contribution in [2.45, 2.75) is 46.3 Å².